The maximum atomic E-state index is 12.9. The van der Waals surface area contributed by atoms with E-state index in [9.17, 15) is 13.2 Å². The van der Waals surface area contributed by atoms with Gasteiger partial charge in [0.05, 0.1) is 5.75 Å². The molecule has 1 atom stereocenters. The molecular weight excluding hydrogens is 411 g/mol. The van der Waals surface area contributed by atoms with Crippen LogP contribution in [-0.2, 0) is 20.5 Å². The molecule has 1 saturated heterocycles. The fourth-order valence-electron chi connectivity index (χ4n) is 2.91. The zero-order valence-electron chi connectivity index (χ0n) is 16.0. The SMILES string of the molecule is CN(C(=O)OC(C)(C)C)[C@H]1CCCN(S(=O)(=O)Cc2cc(Cl)ccc2Cl)C1. The van der Waals surface area contributed by atoms with Crippen molar-refractivity contribution >= 4 is 39.3 Å². The van der Waals surface area contributed by atoms with Crippen LogP contribution in [0.15, 0.2) is 18.2 Å². The number of rotatable bonds is 4. The molecule has 1 aliphatic rings. The van der Waals surface area contributed by atoms with Gasteiger partial charge in [-0.15, -0.1) is 0 Å². The lowest BCUT2D eigenvalue weighted by Gasteiger charge is -2.37. The first-order chi connectivity index (χ1) is 12.4. The largest absolute Gasteiger partial charge is 0.444 e. The highest BCUT2D eigenvalue weighted by Crippen LogP contribution is 2.26. The molecule has 6 nitrogen and oxygen atoms in total. The number of likely N-dealkylation sites (N-methyl/N-ethyl adjacent to an activating group) is 1. The van der Waals surface area contributed by atoms with Gasteiger partial charge in [-0.3, -0.25) is 0 Å². The summed E-state index contributed by atoms with van der Waals surface area (Å²) in [6.07, 6.45) is 0.935. The lowest BCUT2D eigenvalue weighted by molar-refractivity contribution is 0.0173. The van der Waals surface area contributed by atoms with E-state index in [1.807, 2.05) is 0 Å². The van der Waals surface area contributed by atoms with Crippen LogP contribution in [-0.4, -0.2) is 55.5 Å². The van der Waals surface area contributed by atoms with E-state index in [2.05, 4.69) is 0 Å². The van der Waals surface area contributed by atoms with Crippen LogP contribution < -0.4 is 0 Å². The average Bonchev–Trinajstić information content (AvgIpc) is 2.56. The van der Waals surface area contributed by atoms with Crippen molar-refractivity contribution in [1.29, 1.82) is 0 Å². The maximum absolute atomic E-state index is 12.9. The van der Waals surface area contributed by atoms with Gasteiger partial charge in [0.25, 0.3) is 0 Å². The van der Waals surface area contributed by atoms with Crippen molar-refractivity contribution in [1.82, 2.24) is 9.21 Å². The van der Waals surface area contributed by atoms with E-state index in [1.54, 1.807) is 46.0 Å². The van der Waals surface area contributed by atoms with Gasteiger partial charge in [-0.1, -0.05) is 23.2 Å². The summed E-state index contributed by atoms with van der Waals surface area (Å²) in [6, 6.07) is 4.53. The van der Waals surface area contributed by atoms with E-state index in [4.69, 9.17) is 27.9 Å². The van der Waals surface area contributed by atoms with Crippen molar-refractivity contribution in [3.63, 3.8) is 0 Å². The molecule has 9 heteroatoms. The lowest BCUT2D eigenvalue weighted by Crippen LogP contribution is -2.51. The Morgan fingerprint density at radius 1 is 1.33 bits per heavy atom. The molecule has 1 aromatic rings. The molecule has 1 heterocycles. The van der Waals surface area contributed by atoms with Gasteiger partial charge in [0.2, 0.25) is 10.0 Å². The Bertz CT molecular complexity index is 793. The minimum absolute atomic E-state index is 0.227. The van der Waals surface area contributed by atoms with Gasteiger partial charge in [-0.2, -0.15) is 4.31 Å². The molecule has 0 aliphatic carbocycles. The second-order valence-corrected chi connectivity index (χ2v) is 10.5. The minimum Gasteiger partial charge on any atom is -0.444 e. The third-order valence-electron chi connectivity index (χ3n) is 4.33. The Morgan fingerprint density at radius 2 is 2.00 bits per heavy atom. The number of piperidine rings is 1. The van der Waals surface area contributed by atoms with Crippen molar-refractivity contribution in [2.75, 3.05) is 20.1 Å². The van der Waals surface area contributed by atoms with Crippen LogP contribution in [0.4, 0.5) is 4.79 Å². The van der Waals surface area contributed by atoms with Gasteiger partial charge >= 0.3 is 6.09 Å². The Morgan fingerprint density at radius 3 is 2.63 bits per heavy atom. The highest BCUT2D eigenvalue weighted by molar-refractivity contribution is 7.88. The maximum Gasteiger partial charge on any atom is 0.410 e. The second kappa shape index (κ2) is 8.55. The van der Waals surface area contributed by atoms with Crippen LogP contribution >= 0.6 is 23.2 Å². The van der Waals surface area contributed by atoms with Gasteiger partial charge in [0.15, 0.2) is 0 Å². The summed E-state index contributed by atoms with van der Waals surface area (Å²) in [6.45, 7) is 6.04. The van der Waals surface area contributed by atoms with Gasteiger partial charge in [-0.05, 0) is 57.4 Å². The van der Waals surface area contributed by atoms with Crippen molar-refractivity contribution in [2.45, 2.75) is 51.0 Å². The number of amides is 1. The first-order valence-electron chi connectivity index (χ1n) is 8.76. The molecule has 2 rings (SSSR count). The van der Waals surface area contributed by atoms with E-state index >= 15 is 0 Å². The van der Waals surface area contributed by atoms with Crippen LogP contribution in [0, 0.1) is 0 Å². The highest BCUT2D eigenvalue weighted by Gasteiger charge is 2.34. The summed E-state index contributed by atoms with van der Waals surface area (Å²) in [7, 11) is -1.95. The van der Waals surface area contributed by atoms with Crippen molar-refractivity contribution in [3.8, 4) is 0 Å². The zero-order valence-corrected chi connectivity index (χ0v) is 18.4. The summed E-state index contributed by atoms with van der Waals surface area (Å²) in [5.41, 5.74) is -0.137. The predicted octanol–water partition coefficient (Wildman–Crippen LogP) is 4.15. The Kier molecular flexibility index (Phi) is 7.06. The molecule has 0 saturated carbocycles. The third kappa shape index (κ3) is 6.24. The molecule has 1 fully saturated rings. The number of sulfonamides is 1. The molecular formula is C18H26Cl2N2O4S. The number of ether oxygens (including phenoxy) is 1. The Labute approximate surface area is 171 Å². The van der Waals surface area contributed by atoms with Gasteiger partial charge in [0.1, 0.15) is 5.60 Å². The molecule has 152 valence electrons. The van der Waals surface area contributed by atoms with Gasteiger partial charge < -0.3 is 9.64 Å². The molecule has 27 heavy (non-hydrogen) atoms. The summed E-state index contributed by atoms with van der Waals surface area (Å²) >= 11 is 12.1. The van der Waals surface area contributed by atoms with Crippen molar-refractivity contribution < 1.29 is 17.9 Å². The summed E-state index contributed by atoms with van der Waals surface area (Å²) in [4.78, 5) is 13.8. The number of carbonyl (C=O) groups excluding carboxylic acids is 1. The molecule has 0 bridgehead atoms. The third-order valence-corrected chi connectivity index (χ3v) is 6.73. The number of hydrogen-bond acceptors (Lipinski definition) is 4. The van der Waals surface area contributed by atoms with Crippen LogP contribution in [0.25, 0.3) is 0 Å². The first-order valence-corrected chi connectivity index (χ1v) is 11.1. The van der Waals surface area contributed by atoms with E-state index in [1.165, 1.54) is 9.21 Å². The summed E-state index contributed by atoms with van der Waals surface area (Å²) in [5.74, 6) is -0.227. The van der Waals surface area contributed by atoms with Gasteiger partial charge in [-0.25, -0.2) is 13.2 Å². The molecule has 0 radical (unpaired) electrons. The predicted molar refractivity (Wildman–Crippen MR) is 108 cm³/mol. The number of hydrogen-bond donors (Lipinski definition) is 0. The monoisotopic (exact) mass is 436 g/mol. The number of carbonyl (C=O) groups is 1. The molecule has 1 aliphatic heterocycles. The smallest absolute Gasteiger partial charge is 0.410 e. The van der Waals surface area contributed by atoms with Crippen molar-refractivity contribution in [2.24, 2.45) is 0 Å². The normalized spacial score (nSPS) is 19.0. The van der Waals surface area contributed by atoms with Crippen molar-refractivity contribution in [3.05, 3.63) is 33.8 Å². The Balaban J connectivity index is 2.10. The number of halogens is 2. The summed E-state index contributed by atoms with van der Waals surface area (Å²) in [5, 5.41) is 0.799. The van der Waals surface area contributed by atoms with Crippen LogP contribution in [0.5, 0.6) is 0 Å². The van der Waals surface area contributed by atoms with E-state index < -0.39 is 21.7 Å². The molecule has 0 aromatic heterocycles. The molecule has 1 amide bonds. The zero-order chi connectivity index (χ0) is 20.4. The number of benzene rings is 1. The summed E-state index contributed by atoms with van der Waals surface area (Å²) < 4.78 is 32.6. The first kappa shape index (κ1) is 22.3. The molecule has 0 unspecified atom stereocenters. The van der Waals surface area contributed by atoms with E-state index in [-0.39, 0.29) is 18.3 Å². The lowest BCUT2D eigenvalue weighted by atomic mass is 10.1. The van der Waals surface area contributed by atoms with Crippen LogP contribution in [0.1, 0.15) is 39.2 Å². The molecule has 0 spiro atoms. The fourth-order valence-corrected chi connectivity index (χ4v) is 4.99. The van der Waals surface area contributed by atoms with Crippen LogP contribution in [0.2, 0.25) is 10.0 Å². The number of nitrogens with zero attached hydrogens (tertiary/aromatic N) is 2. The van der Waals surface area contributed by atoms with E-state index in [0.717, 1.165) is 6.42 Å². The Hall–Kier alpha value is -1.02. The standard InChI is InChI=1S/C18H26Cl2N2O4S/c1-18(2,3)26-17(23)21(4)15-6-5-9-22(11-15)27(24,25)12-13-10-14(19)7-8-16(13)20/h7-8,10,15H,5-6,9,11-12H2,1-4H3/t15-/m0/s1. The average molecular weight is 437 g/mol. The quantitative estimate of drug-likeness (QED) is 0.710. The minimum atomic E-state index is -3.59. The van der Waals surface area contributed by atoms with Gasteiger partial charge in [0, 0.05) is 36.2 Å². The molecule has 1 aromatic carbocycles. The van der Waals surface area contributed by atoms with E-state index in [0.29, 0.717) is 28.6 Å². The topological polar surface area (TPSA) is 66.9 Å². The second-order valence-electron chi connectivity index (χ2n) is 7.74. The molecule has 0 N–H and O–H groups in total. The fraction of sp³-hybridized carbons (Fsp3) is 0.611. The highest BCUT2D eigenvalue weighted by atomic mass is 35.5. The van der Waals surface area contributed by atoms with Crippen LogP contribution in [0.3, 0.4) is 0 Å².